The maximum Gasteiger partial charge on any atom is 0.211 e. The van der Waals surface area contributed by atoms with Crippen molar-refractivity contribution in [3.8, 4) is 6.07 Å². The summed E-state index contributed by atoms with van der Waals surface area (Å²) in [5.74, 6) is 1.12. The molecule has 2 unspecified atom stereocenters. The van der Waals surface area contributed by atoms with Gasteiger partial charge in [0.1, 0.15) is 5.82 Å². The van der Waals surface area contributed by atoms with Crippen LogP contribution in [0.25, 0.3) is 11.0 Å². The van der Waals surface area contributed by atoms with Gasteiger partial charge >= 0.3 is 0 Å². The molecule has 1 aromatic heterocycles. The van der Waals surface area contributed by atoms with Crippen molar-refractivity contribution < 1.29 is 12.8 Å². The van der Waals surface area contributed by atoms with E-state index in [1.165, 1.54) is 17.9 Å². The summed E-state index contributed by atoms with van der Waals surface area (Å²) in [6, 6.07) is 13.5. The number of benzene rings is 2. The molecular formula is C28H31ClFN5O2S. The third kappa shape index (κ3) is 4.67. The highest BCUT2D eigenvalue weighted by atomic mass is 35.5. The molecule has 1 N–H and O–H groups in total. The minimum atomic E-state index is -3.18. The minimum Gasteiger partial charge on any atom is -0.339 e. The number of anilines is 1. The third-order valence-electron chi connectivity index (χ3n) is 9.00. The van der Waals surface area contributed by atoms with Crippen LogP contribution in [0.1, 0.15) is 49.7 Å². The Hall–Kier alpha value is -2.67. The fourth-order valence-corrected chi connectivity index (χ4v) is 7.82. The second-order valence-electron chi connectivity index (χ2n) is 11.3. The maximum atomic E-state index is 14.2. The van der Waals surface area contributed by atoms with Crippen LogP contribution in [0.15, 0.2) is 36.4 Å². The quantitative estimate of drug-likeness (QED) is 0.450. The molecular weight excluding hydrogens is 525 g/mol. The summed E-state index contributed by atoms with van der Waals surface area (Å²) in [4.78, 5) is 10.5. The lowest BCUT2D eigenvalue weighted by Crippen LogP contribution is -2.46. The number of aromatic nitrogens is 2. The van der Waals surface area contributed by atoms with Crippen molar-refractivity contribution in [3.05, 3.63) is 58.4 Å². The van der Waals surface area contributed by atoms with Gasteiger partial charge < -0.3 is 9.88 Å². The molecule has 3 aliphatic rings. The van der Waals surface area contributed by atoms with Crippen LogP contribution >= 0.6 is 11.6 Å². The van der Waals surface area contributed by atoms with Crippen molar-refractivity contribution in [2.24, 2.45) is 11.8 Å². The van der Waals surface area contributed by atoms with Gasteiger partial charge in [-0.3, -0.25) is 0 Å². The lowest BCUT2D eigenvalue weighted by atomic mass is 9.79. The first-order valence-electron chi connectivity index (χ1n) is 13.2. The van der Waals surface area contributed by atoms with Gasteiger partial charge in [-0.1, -0.05) is 23.7 Å². The molecule has 2 saturated carbocycles. The van der Waals surface area contributed by atoms with E-state index in [4.69, 9.17) is 16.6 Å². The van der Waals surface area contributed by atoms with E-state index >= 15 is 0 Å². The predicted octanol–water partition coefficient (Wildman–Crippen LogP) is 5.22. The van der Waals surface area contributed by atoms with E-state index in [1.807, 2.05) is 18.2 Å². The number of aromatic amines is 1. The van der Waals surface area contributed by atoms with Gasteiger partial charge in [-0.15, -0.1) is 0 Å². The molecule has 0 bridgehead atoms. The Morgan fingerprint density at radius 3 is 2.76 bits per heavy atom. The molecule has 10 heteroatoms. The van der Waals surface area contributed by atoms with Crippen LogP contribution in [0.3, 0.4) is 0 Å². The maximum absolute atomic E-state index is 14.2. The van der Waals surface area contributed by atoms with Crippen molar-refractivity contribution in [2.75, 3.05) is 30.8 Å². The van der Waals surface area contributed by atoms with E-state index < -0.39 is 15.8 Å². The van der Waals surface area contributed by atoms with E-state index in [-0.39, 0.29) is 16.5 Å². The summed E-state index contributed by atoms with van der Waals surface area (Å²) in [5, 5.41) is 9.43. The number of nitriles is 1. The molecule has 38 heavy (non-hydrogen) atoms. The zero-order valence-electron chi connectivity index (χ0n) is 21.3. The number of sulfonamides is 1. The summed E-state index contributed by atoms with van der Waals surface area (Å²) in [7, 11) is -3.18. The number of imidazole rings is 1. The van der Waals surface area contributed by atoms with Crippen LogP contribution in [0.5, 0.6) is 0 Å². The second-order valence-corrected chi connectivity index (χ2v) is 13.7. The molecule has 0 amide bonds. The Labute approximate surface area is 227 Å². The monoisotopic (exact) mass is 555 g/mol. The summed E-state index contributed by atoms with van der Waals surface area (Å²) in [5.41, 5.74) is 3.38. The highest BCUT2D eigenvalue weighted by Crippen LogP contribution is 2.63. The Kier molecular flexibility index (Phi) is 6.41. The molecule has 2 aromatic carbocycles. The standard InChI is InChI=1S/C28H31ClFN5O2S/c1-38(36,37)34-9-6-18(7-10-34)17-35(27-32-25-13-23(29)24(30)14-26(25)33-27)22-5-8-28(15-21(28)12-22)20-4-2-3-19(11-20)16-31/h2-4,11,13-14,18,21-22H,5-10,12,15,17H2,1H3,(H,32,33)/t21?,22-,28?/m1/s1. The number of hydrogen-bond acceptors (Lipinski definition) is 5. The van der Waals surface area contributed by atoms with Gasteiger partial charge in [-0.05, 0) is 79.5 Å². The van der Waals surface area contributed by atoms with Gasteiger partial charge in [-0.25, -0.2) is 22.1 Å². The van der Waals surface area contributed by atoms with E-state index in [2.05, 4.69) is 22.0 Å². The van der Waals surface area contributed by atoms with Crippen LogP contribution in [-0.4, -0.2) is 54.6 Å². The van der Waals surface area contributed by atoms with Crippen molar-refractivity contribution in [3.63, 3.8) is 0 Å². The number of rotatable bonds is 6. The predicted molar refractivity (Wildman–Crippen MR) is 146 cm³/mol. The Bertz CT molecular complexity index is 1490. The number of hydrogen-bond donors (Lipinski definition) is 1. The molecule has 7 nitrogen and oxygen atoms in total. The van der Waals surface area contributed by atoms with Crippen molar-refractivity contribution >= 4 is 38.6 Å². The fourth-order valence-electron chi connectivity index (χ4n) is 6.78. The van der Waals surface area contributed by atoms with E-state index in [9.17, 15) is 18.1 Å². The number of piperidine rings is 1. The normalized spacial score (nSPS) is 26.2. The number of fused-ring (bicyclic) bond motifs is 2. The third-order valence-corrected chi connectivity index (χ3v) is 10.6. The number of halogens is 2. The SMILES string of the molecule is CS(=O)(=O)N1CCC(CN(c2nc3cc(Cl)c(F)cc3[nH]2)[C@@H]2CCC3(c4cccc(C#N)c4)CC3C2)CC1. The van der Waals surface area contributed by atoms with E-state index in [0.29, 0.717) is 41.5 Å². The van der Waals surface area contributed by atoms with Gasteiger partial charge in [0.25, 0.3) is 0 Å². The average Bonchev–Trinajstić information content (AvgIpc) is 3.52. The molecule has 2 aliphatic carbocycles. The first kappa shape index (κ1) is 25.6. The molecule has 3 atom stereocenters. The van der Waals surface area contributed by atoms with Gasteiger partial charge in [-0.2, -0.15) is 5.26 Å². The van der Waals surface area contributed by atoms with Crippen LogP contribution in [0, 0.1) is 29.0 Å². The Morgan fingerprint density at radius 1 is 1.26 bits per heavy atom. The van der Waals surface area contributed by atoms with Gasteiger partial charge in [0.15, 0.2) is 0 Å². The molecule has 0 radical (unpaired) electrons. The zero-order chi connectivity index (χ0) is 26.7. The van der Waals surface area contributed by atoms with E-state index in [0.717, 1.165) is 51.0 Å². The minimum absolute atomic E-state index is 0.0512. The van der Waals surface area contributed by atoms with Gasteiger partial charge in [0, 0.05) is 31.7 Å². The molecule has 3 aromatic rings. The molecule has 1 saturated heterocycles. The average molecular weight is 556 g/mol. The van der Waals surface area contributed by atoms with Gasteiger partial charge in [0.2, 0.25) is 16.0 Å². The van der Waals surface area contributed by atoms with Gasteiger partial charge in [0.05, 0.1) is 33.9 Å². The largest absolute Gasteiger partial charge is 0.339 e. The van der Waals surface area contributed by atoms with Crippen molar-refractivity contribution in [1.29, 1.82) is 5.26 Å². The summed E-state index contributed by atoms with van der Waals surface area (Å²) < 4.78 is 39.7. The van der Waals surface area contributed by atoms with Crippen LogP contribution in [0.4, 0.5) is 10.3 Å². The summed E-state index contributed by atoms with van der Waals surface area (Å²) in [6.45, 7) is 1.83. The topological polar surface area (TPSA) is 93.1 Å². The summed E-state index contributed by atoms with van der Waals surface area (Å²) in [6.07, 6.45) is 7.04. The van der Waals surface area contributed by atoms with Crippen LogP contribution in [-0.2, 0) is 15.4 Å². The van der Waals surface area contributed by atoms with E-state index in [1.54, 1.807) is 10.4 Å². The lowest BCUT2D eigenvalue weighted by Gasteiger charge is -2.40. The number of nitrogens with zero attached hydrogens (tertiary/aromatic N) is 4. The zero-order valence-corrected chi connectivity index (χ0v) is 22.9. The van der Waals surface area contributed by atoms with Crippen LogP contribution < -0.4 is 4.90 Å². The highest BCUT2D eigenvalue weighted by Gasteiger charge is 2.58. The molecule has 3 fully saturated rings. The molecule has 200 valence electrons. The molecule has 2 heterocycles. The molecule has 6 rings (SSSR count). The van der Waals surface area contributed by atoms with Crippen molar-refractivity contribution in [2.45, 2.75) is 50.0 Å². The first-order valence-corrected chi connectivity index (χ1v) is 15.5. The number of nitrogens with one attached hydrogen (secondary N) is 1. The summed E-state index contributed by atoms with van der Waals surface area (Å²) >= 11 is 6.03. The Balaban J connectivity index is 1.25. The smallest absolute Gasteiger partial charge is 0.211 e. The highest BCUT2D eigenvalue weighted by molar-refractivity contribution is 7.88. The second kappa shape index (κ2) is 9.51. The lowest BCUT2D eigenvalue weighted by molar-refractivity contribution is 0.264. The molecule has 0 spiro atoms. The first-order chi connectivity index (χ1) is 18.2. The Morgan fingerprint density at radius 2 is 2.05 bits per heavy atom. The van der Waals surface area contributed by atoms with Crippen molar-refractivity contribution in [1.82, 2.24) is 14.3 Å². The molecule has 1 aliphatic heterocycles. The number of H-pyrrole nitrogens is 1. The fraction of sp³-hybridized carbons (Fsp3) is 0.500. The van der Waals surface area contributed by atoms with Crippen LogP contribution in [0.2, 0.25) is 5.02 Å².